The summed E-state index contributed by atoms with van der Waals surface area (Å²) in [5.41, 5.74) is 1.67. The molecule has 0 spiro atoms. The summed E-state index contributed by atoms with van der Waals surface area (Å²) in [7, 11) is -4.29. The van der Waals surface area contributed by atoms with Crippen molar-refractivity contribution in [1.29, 1.82) is 0 Å². The summed E-state index contributed by atoms with van der Waals surface area (Å²) in [5.74, 6) is -1.44. The number of benzene rings is 3. The van der Waals surface area contributed by atoms with E-state index in [-0.39, 0.29) is 23.0 Å². The maximum atomic E-state index is 13.9. The second-order valence-electron chi connectivity index (χ2n) is 9.87. The fourth-order valence-electron chi connectivity index (χ4n) is 3.84. The van der Waals surface area contributed by atoms with Gasteiger partial charge in [0.1, 0.15) is 18.4 Å². The first kappa shape index (κ1) is 31.4. The third-order valence-corrected chi connectivity index (χ3v) is 8.59. The first-order chi connectivity index (χ1) is 18.8. The van der Waals surface area contributed by atoms with Crippen molar-refractivity contribution in [2.45, 2.75) is 45.2 Å². The number of amides is 2. The Hall–Kier alpha value is -3.14. The van der Waals surface area contributed by atoms with Crippen LogP contribution in [0.15, 0.2) is 71.6 Å². The molecule has 0 aromatic heterocycles. The summed E-state index contributed by atoms with van der Waals surface area (Å²) in [4.78, 5) is 28.0. The highest BCUT2D eigenvalue weighted by Gasteiger charge is 2.33. The number of rotatable bonds is 11. The molecule has 2 amide bonds. The number of carbonyl (C=O) groups excluding carboxylic acids is 2. The standard InChI is InChI=1S/C29H32Cl2FN3O4S/c1-19(2)16-33-29(37)21(4)34(17-22-7-8-23(30)15-27(22)31)28(36)18-35(25-11-5-20(3)6-12-25)40(38,39)26-13-9-24(32)10-14-26/h5-15,19,21H,16-18H2,1-4H3,(H,33,37). The maximum absolute atomic E-state index is 13.9. The summed E-state index contributed by atoms with van der Waals surface area (Å²) in [6, 6.07) is 14.8. The minimum atomic E-state index is -4.29. The van der Waals surface area contributed by atoms with Crippen molar-refractivity contribution in [2.75, 3.05) is 17.4 Å². The van der Waals surface area contributed by atoms with Crippen LogP contribution in [-0.4, -0.2) is 44.3 Å². The van der Waals surface area contributed by atoms with Gasteiger partial charge < -0.3 is 10.2 Å². The lowest BCUT2D eigenvalue weighted by atomic mass is 10.1. The van der Waals surface area contributed by atoms with E-state index in [1.165, 1.54) is 11.0 Å². The van der Waals surface area contributed by atoms with E-state index in [1.807, 2.05) is 20.8 Å². The van der Waals surface area contributed by atoms with Crippen LogP contribution in [0.25, 0.3) is 0 Å². The van der Waals surface area contributed by atoms with Crippen molar-refractivity contribution < 1.29 is 22.4 Å². The summed E-state index contributed by atoms with van der Waals surface area (Å²) in [6.07, 6.45) is 0. The van der Waals surface area contributed by atoms with E-state index in [0.717, 1.165) is 34.1 Å². The monoisotopic (exact) mass is 607 g/mol. The van der Waals surface area contributed by atoms with Gasteiger partial charge in [0.15, 0.2) is 0 Å². The van der Waals surface area contributed by atoms with Crippen molar-refractivity contribution in [2.24, 2.45) is 5.92 Å². The summed E-state index contributed by atoms with van der Waals surface area (Å²) in [6.45, 7) is 7.04. The maximum Gasteiger partial charge on any atom is 0.264 e. The molecule has 0 aliphatic carbocycles. The molecule has 214 valence electrons. The molecule has 0 saturated heterocycles. The Bertz CT molecular complexity index is 1450. The number of anilines is 1. The molecule has 7 nitrogen and oxygen atoms in total. The van der Waals surface area contributed by atoms with Crippen LogP contribution in [0.4, 0.5) is 10.1 Å². The molecule has 0 radical (unpaired) electrons. The van der Waals surface area contributed by atoms with Crippen molar-refractivity contribution in [1.82, 2.24) is 10.2 Å². The molecular weight excluding hydrogens is 576 g/mol. The Balaban J connectivity index is 2.03. The van der Waals surface area contributed by atoms with Crippen LogP contribution in [0.2, 0.25) is 10.0 Å². The average Bonchev–Trinajstić information content (AvgIpc) is 2.90. The zero-order valence-electron chi connectivity index (χ0n) is 22.7. The SMILES string of the molecule is Cc1ccc(N(CC(=O)N(Cc2ccc(Cl)cc2Cl)C(C)C(=O)NCC(C)C)S(=O)(=O)c2ccc(F)cc2)cc1. The zero-order valence-corrected chi connectivity index (χ0v) is 25.0. The number of aryl methyl sites for hydroxylation is 1. The summed E-state index contributed by atoms with van der Waals surface area (Å²) >= 11 is 12.4. The second kappa shape index (κ2) is 13.5. The third-order valence-electron chi connectivity index (χ3n) is 6.21. The number of sulfonamides is 1. The first-order valence-electron chi connectivity index (χ1n) is 12.7. The lowest BCUT2D eigenvalue weighted by Crippen LogP contribution is -2.51. The van der Waals surface area contributed by atoms with Crippen molar-refractivity contribution in [3.8, 4) is 0 Å². The molecular formula is C29H32Cl2FN3O4S. The highest BCUT2D eigenvalue weighted by molar-refractivity contribution is 7.92. The number of nitrogens with zero attached hydrogens (tertiary/aromatic N) is 2. The second-order valence-corrected chi connectivity index (χ2v) is 12.6. The molecule has 3 rings (SSSR count). The van der Waals surface area contributed by atoms with Gasteiger partial charge >= 0.3 is 0 Å². The van der Waals surface area contributed by atoms with E-state index in [1.54, 1.807) is 43.3 Å². The molecule has 1 atom stereocenters. The van der Waals surface area contributed by atoms with E-state index >= 15 is 0 Å². The molecule has 1 N–H and O–H groups in total. The van der Waals surface area contributed by atoms with Crippen LogP contribution in [0.3, 0.4) is 0 Å². The van der Waals surface area contributed by atoms with E-state index in [2.05, 4.69) is 5.32 Å². The Kier molecular flexibility index (Phi) is 10.6. The van der Waals surface area contributed by atoms with Crippen molar-refractivity contribution in [3.63, 3.8) is 0 Å². The lowest BCUT2D eigenvalue weighted by molar-refractivity contribution is -0.139. The number of hydrogen-bond acceptors (Lipinski definition) is 4. The van der Waals surface area contributed by atoms with Gasteiger partial charge in [-0.05, 0) is 73.9 Å². The molecule has 0 fully saturated rings. The highest BCUT2D eigenvalue weighted by Crippen LogP contribution is 2.27. The van der Waals surface area contributed by atoms with Crippen LogP contribution in [-0.2, 0) is 26.2 Å². The van der Waals surface area contributed by atoms with E-state index in [0.29, 0.717) is 22.2 Å². The fourth-order valence-corrected chi connectivity index (χ4v) is 5.72. The predicted molar refractivity (Wildman–Crippen MR) is 156 cm³/mol. The Morgan fingerprint density at radius 2 is 1.57 bits per heavy atom. The van der Waals surface area contributed by atoms with E-state index in [4.69, 9.17) is 23.2 Å². The number of carbonyl (C=O) groups is 2. The van der Waals surface area contributed by atoms with Gasteiger partial charge in [-0.1, -0.05) is 60.8 Å². The van der Waals surface area contributed by atoms with Gasteiger partial charge in [0, 0.05) is 23.1 Å². The quantitative estimate of drug-likeness (QED) is 0.297. The molecule has 3 aromatic carbocycles. The zero-order chi connectivity index (χ0) is 29.6. The smallest absolute Gasteiger partial charge is 0.264 e. The van der Waals surface area contributed by atoms with Gasteiger partial charge in [-0.25, -0.2) is 12.8 Å². The van der Waals surface area contributed by atoms with Gasteiger partial charge in [-0.2, -0.15) is 0 Å². The molecule has 0 heterocycles. The number of hydrogen-bond donors (Lipinski definition) is 1. The number of halogens is 3. The fraction of sp³-hybridized carbons (Fsp3) is 0.310. The summed E-state index contributed by atoms with van der Waals surface area (Å²) in [5, 5.41) is 3.53. The Morgan fingerprint density at radius 1 is 0.950 bits per heavy atom. The predicted octanol–water partition coefficient (Wildman–Crippen LogP) is 5.83. The van der Waals surface area contributed by atoms with Crippen LogP contribution in [0.1, 0.15) is 31.9 Å². The first-order valence-corrected chi connectivity index (χ1v) is 14.8. The Labute approximate surface area is 244 Å². The molecule has 3 aromatic rings. The minimum absolute atomic E-state index is 0.0660. The highest BCUT2D eigenvalue weighted by atomic mass is 35.5. The van der Waals surface area contributed by atoms with Gasteiger partial charge in [0.05, 0.1) is 10.6 Å². The number of nitrogens with one attached hydrogen (secondary N) is 1. The molecule has 40 heavy (non-hydrogen) atoms. The van der Waals surface area contributed by atoms with E-state index < -0.39 is 40.2 Å². The average molecular weight is 609 g/mol. The topological polar surface area (TPSA) is 86.8 Å². The van der Waals surface area contributed by atoms with Crippen LogP contribution in [0, 0.1) is 18.7 Å². The van der Waals surface area contributed by atoms with Gasteiger partial charge in [0.25, 0.3) is 10.0 Å². The van der Waals surface area contributed by atoms with Crippen LogP contribution >= 0.6 is 23.2 Å². The van der Waals surface area contributed by atoms with E-state index in [9.17, 15) is 22.4 Å². The minimum Gasteiger partial charge on any atom is -0.354 e. The molecule has 0 bridgehead atoms. The lowest BCUT2D eigenvalue weighted by Gasteiger charge is -2.32. The molecule has 0 aliphatic rings. The summed E-state index contributed by atoms with van der Waals surface area (Å²) < 4.78 is 42.0. The molecule has 0 aliphatic heterocycles. The van der Waals surface area contributed by atoms with Crippen molar-refractivity contribution >= 4 is 50.7 Å². The molecule has 0 saturated carbocycles. The normalized spacial score (nSPS) is 12.2. The molecule has 1 unspecified atom stereocenters. The van der Waals surface area contributed by atoms with Crippen LogP contribution < -0.4 is 9.62 Å². The van der Waals surface area contributed by atoms with Crippen LogP contribution in [0.5, 0.6) is 0 Å². The largest absolute Gasteiger partial charge is 0.354 e. The molecule has 11 heteroatoms. The Morgan fingerprint density at radius 3 is 2.15 bits per heavy atom. The van der Waals surface area contributed by atoms with Gasteiger partial charge in [0.2, 0.25) is 11.8 Å². The van der Waals surface area contributed by atoms with Crippen molar-refractivity contribution in [3.05, 3.63) is 93.7 Å². The van der Waals surface area contributed by atoms with Gasteiger partial charge in [-0.3, -0.25) is 13.9 Å². The van der Waals surface area contributed by atoms with Gasteiger partial charge in [-0.15, -0.1) is 0 Å². The third kappa shape index (κ3) is 7.96.